The van der Waals surface area contributed by atoms with E-state index in [-0.39, 0.29) is 5.41 Å². The molecule has 0 bridgehead atoms. The molecule has 2 aromatic rings. The van der Waals surface area contributed by atoms with Crippen molar-refractivity contribution >= 4 is 11.6 Å². The average molecular weight is 340 g/mol. The summed E-state index contributed by atoms with van der Waals surface area (Å²) >= 11 is 5.90. The van der Waals surface area contributed by atoms with Crippen molar-refractivity contribution in [2.45, 2.75) is 45.8 Å². The van der Waals surface area contributed by atoms with Gasteiger partial charge < -0.3 is 10.2 Å². The molecule has 128 valence electrons. The highest BCUT2D eigenvalue weighted by Gasteiger charge is 2.40. The molecule has 23 heavy (non-hydrogen) atoms. The summed E-state index contributed by atoms with van der Waals surface area (Å²) in [5.41, 5.74) is 0.0479. The van der Waals surface area contributed by atoms with Crippen molar-refractivity contribution in [2.75, 3.05) is 7.11 Å². The fraction of sp³-hybridized carbons (Fsp3) is 0.529. The van der Waals surface area contributed by atoms with Gasteiger partial charge in [-0.2, -0.15) is 5.10 Å². The number of nitrogens with zero attached hydrogens (tertiary/aromatic N) is 3. The largest absolute Gasteiger partial charge is 0.400 e. The van der Waals surface area contributed by atoms with Gasteiger partial charge in [0.05, 0.1) is 12.1 Å². The second-order valence-electron chi connectivity index (χ2n) is 6.50. The van der Waals surface area contributed by atoms with E-state index in [1.165, 1.54) is 11.9 Å². The number of aryl methyl sites for hydroxylation is 1. The molecule has 1 atom stereocenters. The summed E-state index contributed by atoms with van der Waals surface area (Å²) in [5.74, 6) is 0. The van der Waals surface area contributed by atoms with Crippen LogP contribution in [0.4, 0.5) is 0 Å². The Kier molecular flexibility index (Phi) is 7.19. The summed E-state index contributed by atoms with van der Waals surface area (Å²) in [7, 11) is 1.00. The quantitative estimate of drug-likeness (QED) is 0.878. The van der Waals surface area contributed by atoms with E-state index in [0.29, 0.717) is 13.0 Å². The minimum Gasteiger partial charge on any atom is -0.400 e. The predicted molar refractivity (Wildman–Crippen MR) is 92.3 cm³/mol. The van der Waals surface area contributed by atoms with Gasteiger partial charge in [-0.25, -0.2) is 4.98 Å². The minimum atomic E-state index is -0.861. The molecular formula is C17H26ClN3O2. The molecule has 1 unspecified atom stereocenters. The molecule has 0 fully saturated rings. The zero-order valence-electron chi connectivity index (χ0n) is 14.2. The summed E-state index contributed by atoms with van der Waals surface area (Å²) < 4.78 is 1.69. The Balaban J connectivity index is 0.00000127. The summed E-state index contributed by atoms with van der Waals surface area (Å²) in [6, 6.07) is 7.76. The molecule has 1 aromatic heterocycles. The summed E-state index contributed by atoms with van der Waals surface area (Å²) in [4.78, 5) is 3.94. The third kappa shape index (κ3) is 5.61. The van der Waals surface area contributed by atoms with Crippen LogP contribution in [0.15, 0.2) is 36.9 Å². The lowest BCUT2D eigenvalue weighted by Gasteiger charge is -2.40. The molecule has 0 aliphatic rings. The third-order valence-electron chi connectivity index (χ3n) is 4.03. The van der Waals surface area contributed by atoms with Crippen LogP contribution in [0.1, 0.15) is 32.8 Å². The minimum absolute atomic E-state index is 0.259. The SMILES string of the molecule is CC(C)(C)C(O)(CCc1ccc(Cl)cc1)Cn1cncn1.CO. The van der Waals surface area contributed by atoms with E-state index in [9.17, 15) is 5.11 Å². The maximum atomic E-state index is 11.1. The van der Waals surface area contributed by atoms with Crippen LogP contribution >= 0.6 is 11.6 Å². The third-order valence-corrected chi connectivity index (χ3v) is 4.28. The van der Waals surface area contributed by atoms with Gasteiger partial charge in [0.2, 0.25) is 0 Å². The van der Waals surface area contributed by atoms with Gasteiger partial charge in [-0.3, -0.25) is 4.68 Å². The van der Waals surface area contributed by atoms with Gasteiger partial charge in [-0.05, 0) is 36.0 Å². The number of hydrogen-bond donors (Lipinski definition) is 2. The first-order valence-corrected chi connectivity index (χ1v) is 7.92. The molecule has 0 radical (unpaired) electrons. The molecular weight excluding hydrogens is 314 g/mol. The van der Waals surface area contributed by atoms with Crippen LogP contribution in [-0.4, -0.2) is 37.7 Å². The number of hydrogen-bond acceptors (Lipinski definition) is 4. The highest BCUT2D eigenvalue weighted by molar-refractivity contribution is 6.30. The Morgan fingerprint density at radius 3 is 2.22 bits per heavy atom. The average Bonchev–Trinajstić information content (AvgIpc) is 3.00. The van der Waals surface area contributed by atoms with Crippen LogP contribution in [0.3, 0.4) is 0 Å². The Hall–Kier alpha value is -1.43. The van der Waals surface area contributed by atoms with E-state index in [2.05, 4.69) is 10.1 Å². The lowest BCUT2D eigenvalue weighted by Crippen LogP contribution is -2.47. The van der Waals surface area contributed by atoms with E-state index >= 15 is 0 Å². The second kappa shape index (κ2) is 8.43. The molecule has 0 aliphatic heterocycles. The van der Waals surface area contributed by atoms with Gasteiger partial charge >= 0.3 is 0 Å². The molecule has 0 aliphatic carbocycles. The maximum absolute atomic E-state index is 11.1. The van der Waals surface area contributed by atoms with Crippen molar-refractivity contribution in [2.24, 2.45) is 5.41 Å². The number of rotatable bonds is 5. The fourth-order valence-corrected chi connectivity index (χ4v) is 2.40. The first kappa shape index (κ1) is 19.6. The molecule has 0 saturated carbocycles. The normalized spacial score (nSPS) is 13.9. The molecule has 2 N–H and O–H groups in total. The summed E-state index contributed by atoms with van der Waals surface area (Å²) in [6.45, 7) is 6.58. The van der Waals surface area contributed by atoms with Gasteiger partial charge in [0.15, 0.2) is 0 Å². The fourth-order valence-electron chi connectivity index (χ4n) is 2.28. The Labute approximate surface area is 142 Å². The monoisotopic (exact) mass is 339 g/mol. The van der Waals surface area contributed by atoms with Crippen LogP contribution in [0, 0.1) is 5.41 Å². The van der Waals surface area contributed by atoms with E-state index in [1.54, 1.807) is 11.0 Å². The van der Waals surface area contributed by atoms with Crippen LogP contribution < -0.4 is 0 Å². The van der Waals surface area contributed by atoms with Crippen molar-refractivity contribution < 1.29 is 10.2 Å². The molecule has 6 heteroatoms. The Morgan fingerprint density at radius 1 is 1.13 bits per heavy atom. The molecule has 0 amide bonds. The lowest BCUT2D eigenvalue weighted by atomic mass is 9.73. The van der Waals surface area contributed by atoms with Crippen molar-refractivity contribution in [1.82, 2.24) is 14.8 Å². The number of aliphatic hydroxyl groups is 2. The standard InChI is InChI=1S/C16H22ClN3O.CH4O/c1-15(2,3)16(21,10-20-12-18-11-19-20)9-8-13-4-6-14(17)7-5-13;1-2/h4-7,11-12,21H,8-10H2,1-3H3;2H,1H3. The number of benzene rings is 1. The van der Waals surface area contributed by atoms with Gasteiger partial charge in [0.1, 0.15) is 12.7 Å². The Morgan fingerprint density at radius 2 is 1.74 bits per heavy atom. The molecule has 2 rings (SSSR count). The van der Waals surface area contributed by atoms with E-state index in [4.69, 9.17) is 16.7 Å². The molecule has 1 aromatic carbocycles. The van der Waals surface area contributed by atoms with E-state index in [1.807, 2.05) is 45.0 Å². The van der Waals surface area contributed by atoms with Crippen LogP contribution in [0.5, 0.6) is 0 Å². The topological polar surface area (TPSA) is 71.2 Å². The van der Waals surface area contributed by atoms with Crippen molar-refractivity contribution in [3.8, 4) is 0 Å². The van der Waals surface area contributed by atoms with E-state index in [0.717, 1.165) is 18.6 Å². The second-order valence-corrected chi connectivity index (χ2v) is 6.94. The van der Waals surface area contributed by atoms with Gasteiger partial charge in [0.25, 0.3) is 0 Å². The zero-order chi connectivity index (χ0) is 17.5. The van der Waals surface area contributed by atoms with Gasteiger partial charge in [-0.15, -0.1) is 0 Å². The molecule has 5 nitrogen and oxygen atoms in total. The highest BCUT2D eigenvalue weighted by atomic mass is 35.5. The van der Waals surface area contributed by atoms with Crippen molar-refractivity contribution in [3.63, 3.8) is 0 Å². The lowest BCUT2D eigenvalue weighted by molar-refractivity contribution is -0.0796. The summed E-state index contributed by atoms with van der Waals surface area (Å²) in [6.07, 6.45) is 4.57. The van der Waals surface area contributed by atoms with E-state index < -0.39 is 5.60 Å². The van der Waals surface area contributed by atoms with Crippen LogP contribution in [0.2, 0.25) is 5.02 Å². The first-order chi connectivity index (χ1) is 10.8. The van der Waals surface area contributed by atoms with Gasteiger partial charge in [-0.1, -0.05) is 44.5 Å². The van der Waals surface area contributed by atoms with Gasteiger partial charge in [0, 0.05) is 12.1 Å². The highest BCUT2D eigenvalue weighted by Crippen LogP contribution is 2.35. The maximum Gasteiger partial charge on any atom is 0.137 e. The molecule has 0 saturated heterocycles. The number of aromatic nitrogens is 3. The zero-order valence-corrected chi connectivity index (χ0v) is 15.0. The number of halogens is 1. The van der Waals surface area contributed by atoms with Crippen LogP contribution in [0.25, 0.3) is 0 Å². The number of aliphatic hydroxyl groups excluding tert-OH is 1. The predicted octanol–water partition coefficient (Wildman–Crippen LogP) is 2.95. The van der Waals surface area contributed by atoms with Crippen LogP contribution in [-0.2, 0) is 13.0 Å². The van der Waals surface area contributed by atoms with Crippen molar-refractivity contribution in [1.29, 1.82) is 0 Å². The Bertz CT molecular complexity index is 565. The van der Waals surface area contributed by atoms with Crippen molar-refractivity contribution in [3.05, 3.63) is 47.5 Å². The molecule has 1 heterocycles. The first-order valence-electron chi connectivity index (χ1n) is 7.54. The summed E-state index contributed by atoms with van der Waals surface area (Å²) in [5, 5.41) is 23.0. The molecule has 0 spiro atoms. The smallest absolute Gasteiger partial charge is 0.137 e.